The molecule has 4 N–H and O–H groups in total. The molecule has 108 valence electrons. The largest absolute Gasteiger partial charge is 0.324 e. The maximum atomic E-state index is 12.2. The molecule has 1 heterocycles. The van der Waals surface area contributed by atoms with Crippen LogP contribution in [0.4, 0.5) is 17.2 Å². The van der Waals surface area contributed by atoms with Crippen LogP contribution in [-0.2, 0) is 0 Å². The summed E-state index contributed by atoms with van der Waals surface area (Å²) in [6.45, 7) is 0. The Morgan fingerprint density at radius 3 is 2.76 bits per heavy atom. The SMILES string of the molecule is NNc1ccc([N+](=O)[O-])c(C(=O)Nc2ncccc2Cl)c1. The van der Waals surface area contributed by atoms with Crippen molar-refractivity contribution < 1.29 is 9.72 Å². The number of nitrogens with two attached hydrogens (primary N) is 1. The topological polar surface area (TPSA) is 123 Å². The molecule has 2 aromatic rings. The van der Waals surface area contributed by atoms with E-state index in [2.05, 4.69) is 15.7 Å². The number of pyridine rings is 1. The van der Waals surface area contributed by atoms with E-state index in [0.29, 0.717) is 5.69 Å². The van der Waals surface area contributed by atoms with Gasteiger partial charge in [0, 0.05) is 18.0 Å². The predicted molar refractivity (Wildman–Crippen MR) is 78.1 cm³/mol. The number of carbonyl (C=O) groups excluding carboxylic acids is 1. The molecule has 1 aromatic carbocycles. The van der Waals surface area contributed by atoms with E-state index in [1.165, 1.54) is 30.5 Å². The highest BCUT2D eigenvalue weighted by Crippen LogP contribution is 2.24. The van der Waals surface area contributed by atoms with Crippen molar-refractivity contribution in [2.45, 2.75) is 0 Å². The Bertz CT molecular complexity index is 707. The van der Waals surface area contributed by atoms with Gasteiger partial charge in [-0.05, 0) is 24.3 Å². The maximum Gasteiger partial charge on any atom is 0.282 e. The van der Waals surface area contributed by atoms with Crippen LogP contribution in [0, 0.1) is 10.1 Å². The number of carbonyl (C=O) groups is 1. The van der Waals surface area contributed by atoms with Gasteiger partial charge in [0.15, 0.2) is 5.82 Å². The summed E-state index contributed by atoms with van der Waals surface area (Å²) >= 11 is 5.87. The normalized spacial score (nSPS) is 10.0. The number of amides is 1. The fourth-order valence-corrected chi connectivity index (χ4v) is 1.79. The number of anilines is 2. The van der Waals surface area contributed by atoms with E-state index < -0.39 is 10.8 Å². The van der Waals surface area contributed by atoms with Crippen LogP contribution in [0.3, 0.4) is 0 Å². The van der Waals surface area contributed by atoms with Crippen LogP contribution >= 0.6 is 11.6 Å². The van der Waals surface area contributed by atoms with E-state index >= 15 is 0 Å². The Balaban J connectivity index is 2.38. The lowest BCUT2D eigenvalue weighted by Gasteiger charge is -2.08. The van der Waals surface area contributed by atoms with Crippen molar-refractivity contribution in [1.82, 2.24) is 4.98 Å². The average Bonchev–Trinajstić information content (AvgIpc) is 2.48. The van der Waals surface area contributed by atoms with E-state index in [4.69, 9.17) is 17.4 Å². The minimum Gasteiger partial charge on any atom is -0.324 e. The number of hydrazine groups is 1. The number of nitrogens with one attached hydrogen (secondary N) is 2. The van der Waals surface area contributed by atoms with Gasteiger partial charge in [-0.25, -0.2) is 4.98 Å². The molecule has 0 bridgehead atoms. The van der Waals surface area contributed by atoms with Gasteiger partial charge in [-0.15, -0.1) is 0 Å². The fraction of sp³-hybridized carbons (Fsp3) is 0. The van der Waals surface area contributed by atoms with E-state index in [1.807, 2.05) is 0 Å². The molecule has 1 aromatic heterocycles. The fourth-order valence-electron chi connectivity index (χ4n) is 1.62. The molecule has 0 aliphatic heterocycles. The molecule has 0 saturated heterocycles. The second kappa shape index (κ2) is 6.16. The summed E-state index contributed by atoms with van der Waals surface area (Å²) < 4.78 is 0. The number of nitro groups is 1. The number of nitro benzene ring substituents is 1. The number of nitrogen functional groups attached to an aromatic ring is 1. The van der Waals surface area contributed by atoms with Gasteiger partial charge < -0.3 is 10.7 Å². The molecule has 0 aliphatic carbocycles. The van der Waals surface area contributed by atoms with Crippen molar-refractivity contribution in [2.24, 2.45) is 5.84 Å². The van der Waals surface area contributed by atoms with Gasteiger partial charge in [-0.3, -0.25) is 20.8 Å². The molecule has 0 radical (unpaired) electrons. The van der Waals surface area contributed by atoms with Crippen LogP contribution in [0.25, 0.3) is 0 Å². The molecule has 21 heavy (non-hydrogen) atoms. The van der Waals surface area contributed by atoms with Gasteiger partial charge in [0.05, 0.1) is 9.95 Å². The summed E-state index contributed by atoms with van der Waals surface area (Å²) in [7, 11) is 0. The quantitative estimate of drug-likeness (QED) is 0.452. The first-order chi connectivity index (χ1) is 10.0. The summed E-state index contributed by atoms with van der Waals surface area (Å²) in [6, 6.07) is 6.98. The highest BCUT2D eigenvalue weighted by Gasteiger charge is 2.21. The number of hydrogen-bond acceptors (Lipinski definition) is 6. The minimum atomic E-state index is -0.709. The summed E-state index contributed by atoms with van der Waals surface area (Å²) in [5, 5.41) is 13.6. The molecule has 1 amide bonds. The van der Waals surface area contributed by atoms with Crippen molar-refractivity contribution in [1.29, 1.82) is 0 Å². The molecule has 9 heteroatoms. The Labute approximate surface area is 124 Å². The summed E-state index contributed by atoms with van der Waals surface area (Å²) in [5.41, 5.74) is 2.17. The molecule has 8 nitrogen and oxygen atoms in total. The number of aromatic nitrogens is 1. The predicted octanol–water partition coefficient (Wildman–Crippen LogP) is 2.18. The third kappa shape index (κ3) is 3.25. The first-order valence-corrected chi connectivity index (χ1v) is 6.07. The number of hydrogen-bond donors (Lipinski definition) is 3. The highest BCUT2D eigenvalue weighted by molar-refractivity contribution is 6.33. The van der Waals surface area contributed by atoms with Crippen LogP contribution in [0.1, 0.15) is 10.4 Å². The zero-order valence-electron chi connectivity index (χ0n) is 10.5. The lowest BCUT2D eigenvalue weighted by Crippen LogP contribution is -2.16. The summed E-state index contributed by atoms with van der Waals surface area (Å²) in [5.74, 6) is 4.64. The standard InChI is InChI=1S/C12H10ClN5O3/c13-9-2-1-5-15-11(9)16-12(19)8-6-7(17-14)3-4-10(8)18(20)21/h1-6,17H,14H2,(H,15,16,19). The molecule has 0 aliphatic rings. The molecule has 0 unspecified atom stereocenters. The second-order valence-corrected chi connectivity index (χ2v) is 4.33. The zero-order chi connectivity index (χ0) is 15.4. The molecule has 0 saturated carbocycles. The Morgan fingerprint density at radius 1 is 1.38 bits per heavy atom. The van der Waals surface area contributed by atoms with Gasteiger partial charge in [-0.1, -0.05) is 11.6 Å². The average molecular weight is 308 g/mol. The highest BCUT2D eigenvalue weighted by atomic mass is 35.5. The molecule has 0 atom stereocenters. The Hall–Kier alpha value is -2.71. The second-order valence-electron chi connectivity index (χ2n) is 3.92. The smallest absolute Gasteiger partial charge is 0.282 e. The molecule has 0 spiro atoms. The number of benzene rings is 1. The molecular weight excluding hydrogens is 298 g/mol. The number of nitrogens with zero attached hydrogens (tertiary/aromatic N) is 2. The van der Waals surface area contributed by atoms with Gasteiger partial charge in [0.1, 0.15) is 5.56 Å². The van der Waals surface area contributed by atoms with Gasteiger partial charge in [0.25, 0.3) is 11.6 Å². The Morgan fingerprint density at radius 2 is 2.14 bits per heavy atom. The minimum absolute atomic E-state index is 0.115. The first kappa shape index (κ1) is 14.7. The lowest BCUT2D eigenvalue weighted by molar-refractivity contribution is -0.385. The molecule has 2 rings (SSSR count). The van der Waals surface area contributed by atoms with Gasteiger partial charge in [-0.2, -0.15) is 0 Å². The first-order valence-electron chi connectivity index (χ1n) is 5.70. The van der Waals surface area contributed by atoms with Crippen molar-refractivity contribution in [3.8, 4) is 0 Å². The van der Waals surface area contributed by atoms with E-state index in [1.54, 1.807) is 6.07 Å². The van der Waals surface area contributed by atoms with Crippen molar-refractivity contribution >= 4 is 34.7 Å². The van der Waals surface area contributed by atoms with Crippen LogP contribution in [0.15, 0.2) is 36.5 Å². The van der Waals surface area contributed by atoms with Crippen LogP contribution < -0.4 is 16.6 Å². The van der Waals surface area contributed by atoms with Gasteiger partial charge in [0.2, 0.25) is 0 Å². The van der Waals surface area contributed by atoms with Crippen LogP contribution in [0.5, 0.6) is 0 Å². The maximum absolute atomic E-state index is 12.2. The van der Waals surface area contributed by atoms with Crippen molar-refractivity contribution in [3.05, 3.63) is 57.2 Å². The van der Waals surface area contributed by atoms with E-state index in [-0.39, 0.29) is 22.1 Å². The third-order valence-corrected chi connectivity index (χ3v) is 2.90. The summed E-state index contributed by atoms with van der Waals surface area (Å²) in [4.78, 5) is 26.4. The van der Waals surface area contributed by atoms with Gasteiger partial charge >= 0.3 is 0 Å². The van der Waals surface area contributed by atoms with Crippen molar-refractivity contribution in [3.63, 3.8) is 0 Å². The van der Waals surface area contributed by atoms with Crippen LogP contribution in [-0.4, -0.2) is 15.8 Å². The number of rotatable bonds is 4. The molecule has 0 fully saturated rings. The zero-order valence-corrected chi connectivity index (χ0v) is 11.3. The van der Waals surface area contributed by atoms with E-state index in [0.717, 1.165) is 0 Å². The Kier molecular flexibility index (Phi) is 4.31. The van der Waals surface area contributed by atoms with Crippen molar-refractivity contribution in [2.75, 3.05) is 10.7 Å². The third-order valence-electron chi connectivity index (χ3n) is 2.59. The summed E-state index contributed by atoms with van der Waals surface area (Å²) in [6.07, 6.45) is 1.44. The van der Waals surface area contributed by atoms with E-state index in [9.17, 15) is 14.9 Å². The molecular formula is C12H10ClN5O3. The lowest BCUT2D eigenvalue weighted by atomic mass is 10.1. The monoisotopic (exact) mass is 307 g/mol. The number of halogens is 1. The van der Waals surface area contributed by atoms with Crippen LogP contribution in [0.2, 0.25) is 5.02 Å².